The van der Waals surface area contributed by atoms with Crippen molar-refractivity contribution < 1.29 is 5.11 Å². The van der Waals surface area contributed by atoms with Crippen LogP contribution in [0.25, 0.3) is 0 Å². The minimum Gasteiger partial charge on any atom is -0.388 e. The molecule has 0 radical (unpaired) electrons. The van der Waals surface area contributed by atoms with E-state index in [0.29, 0.717) is 11.3 Å². The topological polar surface area (TPSA) is 20.2 Å². The van der Waals surface area contributed by atoms with E-state index in [9.17, 15) is 5.11 Å². The molecule has 0 aliphatic heterocycles. The van der Waals surface area contributed by atoms with Crippen LogP contribution >= 0.6 is 0 Å². The number of hydrogen-bond donors (Lipinski definition) is 1. The van der Waals surface area contributed by atoms with Gasteiger partial charge >= 0.3 is 0 Å². The van der Waals surface area contributed by atoms with Gasteiger partial charge in [-0.05, 0) is 53.7 Å². The Hall–Kier alpha value is -0.820. The lowest BCUT2D eigenvalue weighted by Crippen LogP contribution is -2.13. The SMILES string of the molecule is CCc1ccc(C(O)CC(C)CC(C)(C)C)cc1CC. The van der Waals surface area contributed by atoms with E-state index in [1.807, 2.05) is 0 Å². The van der Waals surface area contributed by atoms with E-state index < -0.39 is 0 Å². The maximum atomic E-state index is 10.5. The molecule has 20 heavy (non-hydrogen) atoms. The van der Waals surface area contributed by atoms with Crippen molar-refractivity contribution in [1.82, 2.24) is 0 Å². The van der Waals surface area contributed by atoms with Crippen molar-refractivity contribution in [2.24, 2.45) is 11.3 Å². The van der Waals surface area contributed by atoms with Crippen molar-refractivity contribution in [3.63, 3.8) is 0 Å². The number of benzene rings is 1. The third-order valence-corrected chi connectivity index (χ3v) is 3.96. The van der Waals surface area contributed by atoms with Crippen LogP contribution in [0.15, 0.2) is 18.2 Å². The summed E-state index contributed by atoms with van der Waals surface area (Å²) in [5, 5.41) is 10.5. The Labute approximate surface area is 125 Å². The highest BCUT2D eigenvalue weighted by Gasteiger charge is 2.19. The van der Waals surface area contributed by atoms with E-state index in [1.165, 1.54) is 11.1 Å². The predicted octanol–water partition coefficient (Wildman–Crippen LogP) is 5.31. The van der Waals surface area contributed by atoms with Gasteiger partial charge in [-0.2, -0.15) is 0 Å². The van der Waals surface area contributed by atoms with Crippen molar-refractivity contribution in [2.45, 2.75) is 73.3 Å². The van der Waals surface area contributed by atoms with Gasteiger partial charge in [0, 0.05) is 0 Å². The zero-order chi connectivity index (χ0) is 15.3. The van der Waals surface area contributed by atoms with Crippen molar-refractivity contribution in [3.05, 3.63) is 34.9 Å². The van der Waals surface area contributed by atoms with Gasteiger partial charge < -0.3 is 5.11 Å². The normalized spacial score (nSPS) is 15.2. The second kappa shape index (κ2) is 7.26. The van der Waals surface area contributed by atoms with Crippen LogP contribution in [0.4, 0.5) is 0 Å². The number of hydrogen-bond acceptors (Lipinski definition) is 1. The van der Waals surface area contributed by atoms with Crippen LogP contribution in [0.3, 0.4) is 0 Å². The van der Waals surface area contributed by atoms with Gasteiger partial charge in [0.15, 0.2) is 0 Å². The first-order valence-corrected chi connectivity index (χ1v) is 8.06. The van der Waals surface area contributed by atoms with Gasteiger partial charge in [-0.15, -0.1) is 0 Å². The van der Waals surface area contributed by atoms with Crippen LogP contribution in [0.1, 0.15) is 77.2 Å². The van der Waals surface area contributed by atoms with Crippen LogP contribution < -0.4 is 0 Å². The summed E-state index contributed by atoms with van der Waals surface area (Å²) in [7, 11) is 0. The fraction of sp³-hybridized carbons (Fsp3) is 0.684. The summed E-state index contributed by atoms with van der Waals surface area (Å²) in [4.78, 5) is 0. The smallest absolute Gasteiger partial charge is 0.0792 e. The molecule has 0 aromatic heterocycles. The minimum atomic E-state index is -0.330. The summed E-state index contributed by atoms with van der Waals surface area (Å²) in [6.45, 7) is 13.4. The van der Waals surface area contributed by atoms with Crippen molar-refractivity contribution in [1.29, 1.82) is 0 Å². The third kappa shape index (κ3) is 5.28. The molecule has 1 N–H and O–H groups in total. The van der Waals surface area contributed by atoms with Crippen LogP contribution in [0, 0.1) is 11.3 Å². The Bertz CT molecular complexity index is 414. The summed E-state index contributed by atoms with van der Waals surface area (Å²) in [6.07, 6.45) is 3.79. The second-order valence-electron chi connectivity index (χ2n) is 7.36. The molecule has 0 saturated carbocycles. The Balaban J connectivity index is 2.74. The summed E-state index contributed by atoms with van der Waals surface area (Å²) < 4.78 is 0. The van der Waals surface area contributed by atoms with Gasteiger partial charge in [0.1, 0.15) is 0 Å². The number of aliphatic hydroxyl groups excluding tert-OH is 1. The molecule has 1 aromatic rings. The van der Waals surface area contributed by atoms with Gasteiger partial charge in [-0.25, -0.2) is 0 Å². The Morgan fingerprint density at radius 3 is 2.15 bits per heavy atom. The number of rotatable bonds is 6. The molecule has 0 fully saturated rings. The monoisotopic (exact) mass is 276 g/mol. The lowest BCUT2D eigenvalue weighted by Gasteiger charge is -2.25. The molecule has 0 spiro atoms. The lowest BCUT2D eigenvalue weighted by molar-refractivity contribution is 0.134. The molecule has 1 rings (SSSR count). The van der Waals surface area contributed by atoms with Gasteiger partial charge in [0.25, 0.3) is 0 Å². The first kappa shape index (κ1) is 17.2. The second-order valence-corrected chi connectivity index (χ2v) is 7.36. The average Bonchev–Trinajstić information content (AvgIpc) is 2.35. The highest BCUT2D eigenvalue weighted by molar-refractivity contribution is 5.33. The maximum Gasteiger partial charge on any atom is 0.0792 e. The molecule has 114 valence electrons. The predicted molar refractivity (Wildman–Crippen MR) is 88.0 cm³/mol. The molecule has 1 aromatic carbocycles. The van der Waals surface area contributed by atoms with Crippen molar-refractivity contribution in [3.8, 4) is 0 Å². The fourth-order valence-corrected chi connectivity index (χ4v) is 3.17. The summed E-state index contributed by atoms with van der Waals surface area (Å²) in [5.74, 6) is 0.543. The molecule has 0 aliphatic carbocycles. The number of aliphatic hydroxyl groups is 1. The first-order chi connectivity index (χ1) is 9.26. The van der Waals surface area contributed by atoms with E-state index >= 15 is 0 Å². The minimum absolute atomic E-state index is 0.330. The fourth-order valence-electron chi connectivity index (χ4n) is 3.17. The quantitative estimate of drug-likeness (QED) is 0.746. The highest BCUT2D eigenvalue weighted by atomic mass is 16.3. The van der Waals surface area contributed by atoms with Gasteiger partial charge in [0.2, 0.25) is 0 Å². The molecule has 0 amide bonds. The summed E-state index contributed by atoms with van der Waals surface area (Å²) in [5.41, 5.74) is 4.21. The first-order valence-electron chi connectivity index (χ1n) is 8.06. The molecular weight excluding hydrogens is 244 g/mol. The molecule has 2 atom stereocenters. The van der Waals surface area contributed by atoms with E-state index in [1.54, 1.807) is 0 Å². The molecule has 0 saturated heterocycles. The Morgan fingerprint density at radius 1 is 1.05 bits per heavy atom. The lowest BCUT2D eigenvalue weighted by atomic mass is 9.82. The molecule has 1 nitrogen and oxygen atoms in total. The van der Waals surface area contributed by atoms with E-state index in [4.69, 9.17) is 0 Å². The van der Waals surface area contributed by atoms with Gasteiger partial charge in [-0.3, -0.25) is 0 Å². The molecule has 1 heteroatoms. The van der Waals surface area contributed by atoms with Crippen LogP contribution in [0.2, 0.25) is 0 Å². The molecule has 0 heterocycles. The van der Waals surface area contributed by atoms with E-state index in [2.05, 4.69) is 59.7 Å². The zero-order valence-electron chi connectivity index (χ0n) is 14.2. The number of aryl methyl sites for hydroxylation is 2. The van der Waals surface area contributed by atoms with Crippen molar-refractivity contribution in [2.75, 3.05) is 0 Å². The molecule has 0 aliphatic rings. The van der Waals surface area contributed by atoms with E-state index in [-0.39, 0.29) is 6.10 Å². The standard InChI is InChI=1S/C19H32O/c1-7-15-9-10-17(12-16(15)8-2)18(20)11-14(3)13-19(4,5)6/h9-10,12,14,18,20H,7-8,11,13H2,1-6H3. The summed E-state index contributed by atoms with van der Waals surface area (Å²) in [6, 6.07) is 6.49. The maximum absolute atomic E-state index is 10.5. The Morgan fingerprint density at radius 2 is 1.65 bits per heavy atom. The largest absolute Gasteiger partial charge is 0.388 e. The van der Waals surface area contributed by atoms with Gasteiger partial charge in [-0.1, -0.05) is 59.7 Å². The highest BCUT2D eigenvalue weighted by Crippen LogP contribution is 2.31. The van der Waals surface area contributed by atoms with Crippen molar-refractivity contribution >= 4 is 0 Å². The van der Waals surface area contributed by atoms with Crippen LogP contribution in [0.5, 0.6) is 0 Å². The Kier molecular flexibility index (Phi) is 6.26. The average molecular weight is 276 g/mol. The van der Waals surface area contributed by atoms with Crippen LogP contribution in [-0.2, 0) is 12.8 Å². The molecular formula is C19H32O. The van der Waals surface area contributed by atoms with E-state index in [0.717, 1.165) is 31.2 Å². The zero-order valence-corrected chi connectivity index (χ0v) is 14.2. The van der Waals surface area contributed by atoms with Crippen LogP contribution in [-0.4, -0.2) is 5.11 Å². The third-order valence-electron chi connectivity index (χ3n) is 3.96. The molecule has 2 unspecified atom stereocenters. The van der Waals surface area contributed by atoms with Gasteiger partial charge in [0.05, 0.1) is 6.10 Å². The summed E-state index contributed by atoms with van der Waals surface area (Å²) >= 11 is 0. The molecule has 0 bridgehead atoms.